The van der Waals surface area contributed by atoms with Crippen molar-refractivity contribution in [3.63, 3.8) is 0 Å². The second-order valence-electron chi connectivity index (χ2n) is 4.58. The topological polar surface area (TPSA) is 72.2 Å². The van der Waals surface area contributed by atoms with Gasteiger partial charge in [-0.25, -0.2) is 13.1 Å². The van der Waals surface area contributed by atoms with Crippen LogP contribution in [0.4, 0.5) is 6.01 Å². The Morgan fingerprint density at radius 1 is 1.14 bits per heavy atom. The van der Waals surface area contributed by atoms with Gasteiger partial charge in [-0.15, -0.1) is 0 Å². The summed E-state index contributed by atoms with van der Waals surface area (Å²) in [6.07, 6.45) is 0. The third-order valence-corrected chi connectivity index (χ3v) is 4.68. The van der Waals surface area contributed by atoms with Gasteiger partial charge in [0.25, 0.3) is 0 Å². The summed E-state index contributed by atoms with van der Waals surface area (Å²) in [4.78, 5) is 4.05. The summed E-state index contributed by atoms with van der Waals surface area (Å²) < 4.78 is 32.0. The average Bonchev–Trinajstić information content (AvgIpc) is 2.81. The Hall–Kier alpha value is -1.76. The minimum atomic E-state index is -3.69. The maximum absolute atomic E-state index is 12.2. The van der Waals surface area contributed by atoms with Gasteiger partial charge in [-0.1, -0.05) is 41.4 Å². The Morgan fingerprint density at radius 2 is 1.91 bits per heavy atom. The summed E-state index contributed by atoms with van der Waals surface area (Å²) in [7, 11) is -3.69. The Balaban J connectivity index is 1.85. The molecule has 0 radical (unpaired) electrons. The van der Waals surface area contributed by atoms with E-state index in [9.17, 15) is 8.42 Å². The number of fused-ring (bicyclic) bond motifs is 1. The van der Waals surface area contributed by atoms with Crippen LogP contribution < -0.4 is 4.72 Å². The molecule has 0 spiro atoms. The summed E-state index contributed by atoms with van der Waals surface area (Å²) in [6, 6.07) is 11.5. The smallest absolute Gasteiger partial charge is 0.309 e. The fourth-order valence-electron chi connectivity index (χ4n) is 1.93. The van der Waals surface area contributed by atoms with E-state index in [2.05, 4.69) is 9.71 Å². The Labute approximate surface area is 136 Å². The fourth-order valence-corrected chi connectivity index (χ4v) is 3.47. The highest BCUT2D eigenvalue weighted by atomic mass is 35.5. The molecule has 114 valence electrons. The molecular formula is C14H10Cl2N2O3S. The van der Waals surface area contributed by atoms with Crippen LogP contribution in [0.1, 0.15) is 5.56 Å². The lowest BCUT2D eigenvalue weighted by atomic mass is 10.2. The normalized spacial score (nSPS) is 11.7. The molecule has 1 aromatic heterocycles. The Morgan fingerprint density at radius 3 is 2.68 bits per heavy atom. The molecule has 0 amide bonds. The lowest BCUT2D eigenvalue weighted by Crippen LogP contribution is -2.15. The van der Waals surface area contributed by atoms with Gasteiger partial charge < -0.3 is 4.42 Å². The molecule has 0 fully saturated rings. The first kappa shape index (κ1) is 15.1. The van der Waals surface area contributed by atoms with Gasteiger partial charge >= 0.3 is 6.01 Å². The molecule has 0 unspecified atom stereocenters. The van der Waals surface area contributed by atoms with Gasteiger partial charge in [0.2, 0.25) is 10.0 Å². The molecule has 0 aliphatic heterocycles. The quantitative estimate of drug-likeness (QED) is 0.764. The molecule has 8 heteroatoms. The third kappa shape index (κ3) is 3.35. The van der Waals surface area contributed by atoms with Gasteiger partial charge in [-0.05, 0) is 29.8 Å². The zero-order valence-electron chi connectivity index (χ0n) is 11.1. The van der Waals surface area contributed by atoms with E-state index in [0.717, 1.165) is 0 Å². The summed E-state index contributed by atoms with van der Waals surface area (Å²) in [5.41, 5.74) is 1.42. The fraction of sp³-hybridized carbons (Fsp3) is 0.0714. The summed E-state index contributed by atoms with van der Waals surface area (Å²) in [6.45, 7) is 0. The van der Waals surface area contributed by atoms with Gasteiger partial charge in [0, 0.05) is 10.0 Å². The van der Waals surface area contributed by atoms with Crippen molar-refractivity contribution in [2.24, 2.45) is 0 Å². The Kier molecular flexibility index (Phi) is 3.99. The van der Waals surface area contributed by atoms with Gasteiger partial charge in [0.1, 0.15) is 5.52 Å². The molecule has 0 saturated carbocycles. The minimum Gasteiger partial charge on any atom is -0.423 e. The number of hydrogen-bond donors (Lipinski definition) is 1. The highest BCUT2D eigenvalue weighted by Crippen LogP contribution is 2.24. The van der Waals surface area contributed by atoms with Crippen molar-refractivity contribution in [3.05, 3.63) is 58.1 Å². The molecular weight excluding hydrogens is 347 g/mol. The number of oxazole rings is 1. The molecule has 3 aromatic rings. The highest BCUT2D eigenvalue weighted by molar-refractivity contribution is 7.91. The second-order valence-corrected chi connectivity index (χ2v) is 7.15. The maximum Gasteiger partial charge on any atom is 0.309 e. The van der Waals surface area contributed by atoms with E-state index in [-0.39, 0.29) is 11.8 Å². The van der Waals surface area contributed by atoms with Crippen molar-refractivity contribution < 1.29 is 12.8 Å². The Bertz CT molecular complexity index is 938. The van der Waals surface area contributed by atoms with Crippen molar-refractivity contribution >= 4 is 50.3 Å². The van der Waals surface area contributed by atoms with E-state index in [1.165, 1.54) is 0 Å². The molecule has 2 aromatic carbocycles. The zero-order chi connectivity index (χ0) is 15.7. The molecule has 22 heavy (non-hydrogen) atoms. The van der Waals surface area contributed by atoms with Crippen LogP contribution >= 0.6 is 23.2 Å². The number of halogens is 2. The number of hydrogen-bond acceptors (Lipinski definition) is 4. The van der Waals surface area contributed by atoms with E-state index in [4.69, 9.17) is 27.6 Å². The third-order valence-electron chi connectivity index (χ3n) is 2.90. The number of sulfonamides is 1. The van der Waals surface area contributed by atoms with E-state index >= 15 is 0 Å². The first-order valence-electron chi connectivity index (χ1n) is 6.23. The molecule has 0 aliphatic carbocycles. The van der Waals surface area contributed by atoms with Crippen LogP contribution in [0.25, 0.3) is 11.1 Å². The van der Waals surface area contributed by atoms with Crippen LogP contribution in [-0.2, 0) is 15.8 Å². The van der Waals surface area contributed by atoms with E-state index in [1.807, 2.05) is 0 Å². The maximum atomic E-state index is 12.2. The van der Waals surface area contributed by atoms with Crippen LogP contribution in [0.2, 0.25) is 10.0 Å². The van der Waals surface area contributed by atoms with Crippen LogP contribution in [0.5, 0.6) is 0 Å². The van der Waals surface area contributed by atoms with Crippen molar-refractivity contribution in [2.45, 2.75) is 5.75 Å². The SMILES string of the molecule is O=S(=O)(Cc1ccccc1Cl)Nc1nc2cc(Cl)ccc2o1. The first-order chi connectivity index (χ1) is 10.4. The summed E-state index contributed by atoms with van der Waals surface area (Å²) in [5, 5.41) is 0.878. The van der Waals surface area contributed by atoms with Gasteiger partial charge in [0.15, 0.2) is 5.58 Å². The standard InChI is InChI=1S/C14H10Cl2N2O3S/c15-10-5-6-13-12(7-10)17-14(21-13)18-22(19,20)8-9-3-1-2-4-11(9)16/h1-7H,8H2,(H,17,18). The van der Waals surface area contributed by atoms with Crippen molar-refractivity contribution in [2.75, 3.05) is 4.72 Å². The second kappa shape index (κ2) is 5.79. The van der Waals surface area contributed by atoms with E-state index < -0.39 is 10.0 Å². The monoisotopic (exact) mass is 356 g/mol. The average molecular weight is 357 g/mol. The predicted octanol–water partition coefficient (Wildman–Crippen LogP) is 4.08. The molecule has 1 heterocycles. The number of anilines is 1. The van der Waals surface area contributed by atoms with Gasteiger partial charge in [0.05, 0.1) is 5.75 Å². The molecule has 0 atom stereocenters. The lowest BCUT2D eigenvalue weighted by molar-refractivity contribution is 0.590. The zero-order valence-corrected chi connectivity index (χ0v) is 13.4. The largest absolute Gasteiger partial charge is 0.423 e. The van der Waals surface area contributed by atoms with Gasteiger partial charge in [-0.2, -0.15) is 4.98 Å². The molecule has 5 nitrogen and oxygen atoms in total. The summed E-state index contributed by atoms with van der Waals surface area (Å²) in [5.74, 6) is -0.272. The number of nitrogens with one attached hydrogen (secondary N) is 1. The molecule has 0 bridgehead atoms. The first-order valence-corrected chi connectivity index (χ1v) is 8.64. The van der Waals surface area contributed by atoms with Crippen LogP contribution in [-0.4, -0.2) is 13.4 Å². The van der Waals surface area contributed by atoms with Crippen molar-refractivity contribution in [1.82, 2.24) is 4.98 Å². The molecule has 1 N–H and O–H groups in total. The van der Waals surface area contributed by atoms with Crippen molar-refractivity contribution in [1.29, 1.82) is 0 Å². The number of rotatable bonds is 4. The van der Waals surface area contributed by atoms with Crippen LogP contribution in [0, 0.1) is 0 Å². The van der Waals surface area contributed by atoms with Crippen LogP contribution in [0.3, 0.4) is 0 Å². The molecule has 0 saturated heterocycles. The van der Waals surface area contributed by atoms with E-state index in [0.29, 0.717) is 26.7 Å². The van der Waals surface area contributed by atoms with Gasteiger partial charge in [-0.3, -0.25) is 0 Å². The number of aromatic nitrogens is 1. The van der Waals surface area contributed by atoms with E-state index in [1.54, 1.807) is 42.5 Å². The molecule has 0 aliphatic rings. The van der Waals surface area contributed by atoms with Crippen LogP contribution in [0.15, 0.2) is 46.9 Å². The predicted molar refractivity (Wildman–Crippen MR) is 86.7 cm³/mol. The number of benzene rings is 2. The minimum absolute atomic E-state index is 0.107. The molecule has 3 rings (SSSR count). The van der Waals surface area contributed by atoms with Crippen molar-refractivity contribution in [3.8, 4) is 0 Å². The summed E-state index contributed by atoms with van der Waals surface area (Å²) >= 11 is 11.8. The number of nitrogens with zero attached hydrogens (tertiary/aromatic N) is 1. The lowest BCUT2D eigenvalue weighted by Gasteiger charge is -2.05. The highest BCUT2D eigenvalue weighted by Gasteiger charge is 2.17.